The quantitative estimate of drug-likeness (QED) is 0.332. The molecule has 0 bridgehead atoms. The van der Waals surface area contributed by atoms with Gasteiger partial charge in [-0.3, -0.25) is 0 Å². The molecule has 1 heterocycles. The summed E-state index contributed by atoms with van der Waals surface area (Å²) in [4.78, 5) is 0. The molecule has 2 fully saturated rings. The third-order valence-electron chi connectivity index (χ3n) is 6.19. The second-order valence-corrected chi connectivity index (χ2v) is 9.00. The summed E-state index contributed by atoms with van der Waals surface area (Å²) in [5, 5.41) is 58.7. The maximum Gasteiger partial charge on any atom is 0.186 e. The van der Waals surface area contributed by atoms with Crippen molar-refractivity contribution >= 4 is 0 Å². The number of aliphatic hydroxyl groups excluding tert-OH is 6. The van der Waals surface area contributed by atoms with Crippen LogP contribution in [-0.2, 0) is 9.47 Å². The Balaban J connectivity index is 1.92. The van der Waals surface area contributed by atoms with Crippen LogP contribution in [0.3, 0.4) is 0 Å². The zero-order valence-corrected chi connectivity index (χ0v) is 16.4. The molecular formula is C19H36O8. The summed E-state index contributed by atoms with van der Waals surface area (Å²) in [6.45, 7) is 6.01. The molecular weight excluding hydrogens is 356 g/mol. The molecule has 0 spiro atoms. The first kappa shape index (κ1) is 23.0. The second kappa shape index (κ2) is 9.45. The second-order valence-electron chi connectivity index (χ2n) is 9.00. The normalized spacial score (nSPS) is 43.4. The highest BCUT2D eigenvalue weighted by molar-refractivity contribution is 4.92. The molecule has 1 aliphatic heterocycles. The van der Waals surface area contributed by atoms with E-state index in [0.29, 0.717) is 12.8 Å². The summed E-state index contributed by atoms with van der Waals surface area (Å²) in [7, 11) is 0. The molecule has 2 rings (SSSR count). The van der Waals surface area contributed by atoms with E-state index in [9.17, 15) is 30.6 Å². The smallest absolute Gasteiger partial charge is 0.186 e. The summed E-state index contributed by atoms with van der Waals surface area (Å²) < 4.78 is 11.0. The van der Waals surface area contributed by atoms with Crippen molar-refractivity contribution in [2.45, 2.75) is 76.8 Å². The fraction of sp³-hybridized carbons (Fsp3) is 1.00. The van der Waals surface area contributed by atoms with E-state index >= 15 is 0 Å². The molecule has 0 aromatic heterocycles. The number of hydrogen-bond donors (Lipinski definition) is 6. The number of aliphatic hydroxyl groups is 6. The first-order chi connectivity index (χ1) is 12.6. The Morgan fingerprint density at radius 1 is 1.04 bits per heavy atom. The van der Waals surface area contributed by atoms with Crippen LogP contribution in [-0.4, -0.2) is 87.3 Å². The minimum absolute atomic E-state index is 0.0264. The Kier molecular flexibility index (Phi) is 8.04. The van der Waals surface area contributed by atoms with Crippen LogP contribution < -0.4 is 0 Å². The average Bonchev–Trinajstić information content (AvgIpc) is 2.60. The topological polar surface area (TPSA) is 140 Å². The van der Waals surface area contributed by atoms with Crippen LogP contribution in [0.5, 0.6) is 0 Å². The van der Waals surface area contributed by atoms with E-state index in [2.05, 4.69) is 13.8 Å². The summed E-state index contributed by atoms with van der Waals surface area (Å²) in [6.07, 6.45) is -4.70. The molecule has 1 saturated heterocycles. The van der Waals surface area contributed by atoms with Crippen LogP contribution in [0, 0.1) is 23.2 Å². The van der Waals surface area contributed by atoms with Crippen LogP contribution in [0.25, 0.3) is 0 Å². The lowest BCUT2D eigenvalue weighted by Gasteiger charge is -2.47. The predicted molar refractivity (Wildman–Crippen MR) is 96.6 cm³/mol. The molecule has 9 atom stereocenters. The lowest BCUT2D eigenvalue weighted by Crippen LogP contribution is -2.59. The van der Waals surface area contributed by atoms with Gasteiger partial charge in [0.25, 0.3) is 0 Å². The molecule has 0 aromatic rings. The lowest BCUT2D eigenvalue weighted by molar-refractivity contribution is -0.303. The molecule has 1 aliphatic carbocycles. The minimum Gasteiger partial charge on any atom is -0.396 e. The van der Waals surface area contributed by atoms with Crippen molar-refractivity contribution in [3.8, 4) is 0 Å². The monoisotopic (exact) mass is 392 g/mol. The maximum atomic E-state index is 10.1. The van der Waals surface area contributed by atoms with Gasteiger partial charge in [-0.25, -0.2) is 0 Å². The highest BCUT2D eigenvalue weighted by atomic mass is 16.7. The molecule has 160 valence electrons. The van der Waals surface area contributed by atoms with E-state index in [-0.39, 0.29) is 36.4 Å². The highest BCUT2D eigenvalue weighted by Crippen LogP contribution is 2.47. The summed E-state index contributed by atoms with van der Waals surface area (Å²) in [5.74, 6) is 0.337. The fourth-order valence-corrected chi connectivity index (χ4v) is 4.67. The fourth-order valence-electron chi connectivity index (χ4n) is 4.67. The Hall–Kier alpha value is -0.320. The van der Waals surface area contributed by atoms with Gasteiger partial charge in [-0.2, -0.15) is 0 Å². The number of rotatable bonds is 7. The van der Waals surface area contributed by atoms with Crippen molar-refractivity contribution in [1.29, 1.82) is 0 Å². The van der Waals surface area contributed by atoms with E-state index in [4.69, 9.17) is 9.47 Å². The maximum absolute atomic E-state index is 10.1. The van der Waals surface area contributed by atoms with Gasteiger partial charge in [-0.15, -0.1) is 0 Å². The SMILES string of the molecule is CC(CO[C@H]1O[C@H](CO)[C@@H](O)[C@H](O)[C@H]1O)CC1C(CO)CC(O)CC1(C)C. The lowest BCUT2D eigenvalue weighted by atomic mass is 9.60. The molecule has 0 radical (unpaired) electrons. The zero-order valence-electron chi connectivity index (χ0n) is 16.4. The van der Waals surface area contributed by atoms with E-state index in [1.54, 1.807) is 0 Å². The molecule has 6 N–H and O–H groups in total. The van der Waals surface area contributed by atoms with Crippen LogP contribution in [0.1, 0.15) is 40.0 Å². The van der Waals surface area contributed by atoms with Crippen molar-refractivity contribution in [2.75, 3.05) is 19.8 Å². The Morgan fingerprint density at radius 2 is 1.70 bits per heavy atom. The van der Waals surface area contributed by atoms with Gasteiger partial charge in [0.15, 0.2) is 6.29 Å². The average molecular weight is 392 g/mol. The van der Waals surface area contributed by atoms with Gasteiger partial charge in [0, 0.05) is 6.61 Å². The van der Waals surface area contributed by atoms with Crippen LogP contribution in [0.4, 0.5) is 0 Å². The van der Waals surface area contributed by atoms with E-state index < -0.39 is 43.4 Å². The van der Waals surface area contributed by atoms with Gasteiger partial charge >= 0.3 is 0 Å². The third-order valence-corrected chi connectivity index (χ3v) is 6.19. The van der Waals surface area contributed by atoms with Gasteiger partial charge < -0.3 is 40.1 Å². The summed E-state index contributed by atoms with van der Waals surface area (Å²) >= 11 is 0. The van der Waals surface area contributed by atoms with Crippen LogP contribution in [0.15, 0.2) is 0 Å². The van der Waals surface area contributed by atoms with E-state index in [1.807, 2.05) is 6.92 Å². The van der Waals surface area contributed by atoms with Crippen molar-refractivity contribution in [3.63, 3.8) is 0 Å². The molecule has 4 unspecified atom stereocenters. The minimum atomic E-state index is -1.45. The van der Waals surface area contributed by atoms with Gasteiger partial charge in [-0.1, -0.05) is 20.8 Å². The molecule has 0 amide bonds. The standard InChI is InChI=1S/C19H36O8/c1-10(4-13-11(7-20)5-12(22)6-19(13,2)3)9-26-18-17(25)16(24)15(23)14(8-21)27-18/h10-18,20-25H,4-9H2,1-3H3/t10?,11?,12?,13?,14-,15-,16+,17-,18+/m1/s1. The molecule has 1 saturated carbocycles. The molecule has 8 heteroatoms. The summed E-state index contributed by atoms with van der Waals surface area (Å²) in [6, 6.07) is 0. The third kappa shape index (κ3) is 5.39. The molecule has 2 aliphatic rings. The first-order valence-corrected chi connectivity index (χ1v) is 9.81. The highest BCUT2D eigenvalue weighted by Gasteiger charge is 2.45. The van der Waals surface area contributed by atoms with Crippen LogP contribution in [0.2, 0.25) is 0 Å². The van der Waals surface area contributed by atoms with Crippen molar-refractivity contribution < 1.29 is 40.1 Å². The summed E-state index contributed by atoms with van der Waals surface area (Å²) in [5.41, 5.74) is -0.109. The Morgan fingerprint density at radius 3 is 2.30 bits per heavy atom. The Bertz CT molecular complexity index is 457. The van der Waals surface area contributed by atoms with Gasteiger partial charge in [0.1, 0.15) is 24.4 Å². The van der Waals surface area contributed by atoms with Gasteiger partial charge in [0.2, 0.25) is 0 Å². The molecule has 8 nitrogen and oxygen atoms in total. The van der Waals surface area contributed by atoms with E-state index in [0.717, 1.165) is 6.42 Å². The van der Waals surface area contributed by atoms with E-state index in [1.165, 1.54) is 0 Å². The first-order valence-electron chi connectivity index (χ1n) is 9.81. The zero-order chi connectivity index (χ0) is 20.4. The van der Waals surface area contributed by atoms with Crippen LogP contribution >= 0.6 is 0 Å². The predicted octanol–water partition coefficient (Wildman–Crippen LogP) is -0.765. The molecule has 27 heavy (non-hydrogen) atoms. The van der Waals surface area contributed by atoms with Gasteiger partial charge in [0.05, 0.1) is 19.3 Å². The number of hydrogen-bond acceptors (Lipinski definition) is 8. The molecule has 0 aromatic carbocycles. The van der Waals surface area contributed by atoms with Crippen molar-refractivity contribution in [2.24, 2.45) is 23.2 Å². The number of ether oxygens (including phenoxy) is 2. The Labute approximate surface area is 160 Å². The van der Waals surface area contributed by atoms with Gasteiger partial charge in [-0.05, 0) is 42.4 Å². The largest absolute Gasteiger partial charge is 0.396 e. The van der Waals surface area contributed by atoms with Crippen molar-refractivity contribution in [1.82, 2.24) is 0 Å². The van der Waals surface area contributed by atoms with Crippen molar-refractivity contribution in [3.05, 3.63) is 0 Å².